The summed E-state index contributed by atoms with van der Waals surface area (Å²) in [6.07, 6.45) is 0. The fourth-order valence-electron chi connectivity index (χ4n) is 1.64. The van der Waals surface area contributed by atoms with Crippen molar-refractivity contribution < 1.29 is 4.74 Å². The lowest BCUT2D eigenvalue weighted by molar-refractivity contribution is 0.304. The van der Waals surface area contributed by atoms with Gasteiger partial charge in [0, 0.05) is 21.2 Å². The van der Waals surface area contributed by atoms with Gasteiger partial charge in [0.2, 0.25) is 0 Å². The first-order chi connectivity index (χ1) is 9.11. The Morgan fingerprint density at radius 3 is 2.32 bits per heavy atom. The van der Waals surface area contributed by atoms with Crippen LogP contribution in [0, 0.1) is 0 Å². The molecule has 0 aliphatic carbocycles. The number of hydrogen-bond donors (Lipinski definition) is 0. The van der Waals surface area contributed by atoms with E-state index in [0.717, 1.165) is 11.1 Å². The van der Waals surface area contributed by atoms with E-state index in [2.05, 4.69) is 0 Å². The monoisotopic (exact) mass is 334 g/mol. The summed E-state index contributed by atoms with van der Waals surface area (Å²) in [5.41, 5.74) is 1.64. The molecule has 0 aliphatic rings. The zero-order chi connectivity index (χ0) is 13.8. The predicted octanol–water partition coefficient (Wildman–Crippen LogP) is 5.96. The van der Waals surface area contributed by atoms with Gasteiger partial charge >= 0.3 is 0 Å². The van der Waals surface area contributed by atoms with Gasteiger partial charge < -0.3 is 4.74 Å². The van der Waals surface area contributed by atoms with Gasteiger partial charge in [-0.15, -0.1) is 11.6 Å². The molecule has 5 heteroatoms. The maximum Gasteiger partial charge on any atom is 0.142 e. The van der Waals surface area contributed by atoms with E-state index < -0.39 is 0 Å². The van der Waals surface area contributed by atoms with E-state index in [1.807, 2.05) is 24.3 Å². The molecule has 0 bridgehead atoms. The van der Waals surface area contributed by atoms with Crippen LogP contribution in [0.15, 0.2) is 36.4 Å². The van der Waals surface area contributed by atoms with Crippen molar-refractivity contribution in [2.24, 2.45) is 0 Å². The Hall–Kier alpha value is -0.600. The van der Waals surface area contributed by atoms with Crippen LogP contribution in [0.2, 0.25) is 15.1 Å². The molecule has 0 unspecified atom stereocenters. The van der Waals surface area contributed by atoms with E-state index in [-0.39, 0.29) is 5.88 Å². The fraction of sp³-hybridized carbons (Fsp3) is 0.143. The van der Waals surface area contributed by atoms with Crippen molar-refractivity contribution in [3.05, 3.63) is 62.6 Å². The highest BCUT2D eigenvalue weighted by atomic mass is 35.5. The third-order valence-corrected chi connectivity index (χ3v) is 3.71. The smallest absolute Gasteiger partial charge is 0.142 e. The molecular formula is C14H10Cl4O. The van der Waals surface area contributed by atoms with Crippen molar-refractivity contribution in [1.29, 1.82) is 0 Å². The Morgan fingerprint density at radius 2 is 1.63 bits per heavy atom. The Balaban J connectivity index is 2.22. The molecular weight excluding hydrogens is 326 g/mol. The number of alkyl halides is 1. The van der Waals surface area contributed by atoms with Crippen molar-refractivity contribution in [3.63, 3.8) is 0 Å². The van der Waals surface area contributed by atoms with Gasteiger partial charge in [0.15, 0.2) is 0 Å². The highest BCUT2D eigenvalue weighted by molar-refractivity contribution is 6.36. The average molecular weight is 336 g/mol. The Kier molecular flexibility index (Phi) is 5.23. The standard InChI is InChI=1S/C14H10Cl4O/c15-7-10-5-11(16)6-13(18)14(10)19-8-9-3-1-2-4-12(9)17/h1-6H,7-8H2. The van der Waals surface area contributed by atoms with Gasteiger partial charge in [-0.1, -0.05) is 53.0 Å². The van der Waals surface area contributed by atoms with E-state index in [1.54, 1.807) is 12.1 Å². The van der Waals surface area contributed by atoms with E-state index in [1.165, 1.54) is 0 Å². The second-order valence-corrected chi connectivity index (χ2v) is 5.41. The zero-order valence-corrected chi connectivity index (χ0v) is 12.8. The largest absolute Gasteiger partial charge is 0.487 e. The Bertz CT molecular complexity index is 584. The molecule has 1 nitrogen and oxygen atoms in total. The van der Waals surface area contributed by atoms with Crippen molar-refractivity contribution in [3.8, 4) is 5.75 Å². The summed E-state index contributed by atoms with van der Waals surface area (Å²) in [6, 6.07) is 10.8. The van der Waals surface area contributed by atoms with Gasteiger partial charge in [0.1, 0.15) is 12.4 Å². The molecule has 0 fully saturated rings. The zero-order valence-electron chi connectivity index (χ0n) is 9.80. The van der Waals surface area contributed by atoms with Gasteiger partial charge in [-0.25, -0.2) is 0 Å². The predicted molar refractivity (Wildman–Crippen MR) is 81.8 cm³/mol. The average Bonchev–Trinajstić information content (AvgIpc) is 2.38. The first kappa shape index (κ1) is 14.8. The van der Waals surface area contributed by atoms with E-state index in [9.17, 15) is 0 Å². The summed E-state index contributed by atoms with van der Waals surface area (Å²) in [5.74, 6) is 0.819. The quantitative estimate of drug-likeness (QED) is 0.626. The Morgan fingerprint density at radius 1 is 0.895 bits per heavy atom. The lowest BCUT2D eigenvalue weighted by atomic mass is 10.2. The molecule has 0 saturated heterocycles. The molecule has 100 valence electrons. The lowest BCUT2D eigenvalue weighted by Crippen LogP contribution is -1.99. The molecule has 19 heavy (non-hydrogen) atoms. The summed E-state index contributed by atoms with van der Waals surface area (Å²) in [4.78, 5) is 0. The number of hydrogen-bond acceptors (Lipinski definition) is 1. The molecule has 0 saturated carbocycles. The second-order valence-electron chi connectivity index (χ2n) is 3.89. The summed E-state index contributed by atoms with van der Waals surface area (Å²) in [5, 5.41) is 1.63. The maximum atomic E-state index is 6.12. The fourth-order valence-corrected chi connectivity index (χ4v) is 2.62. The van der Waals surface area contributed by atoms with Gasteiger partial charge in [-0.3, -0.25) is 0 Å². The van der Waals surface area contributed by atoms with Crippen molar-refractivity contribution in [1.82, 2.24) is 0 Å². The normalized spacial score (nSPS) is 10.5. The van der Waals surface area contributed by atoms with Crippen molar-refractivity contribution in [2.45, 2.75) is 12.5 Å². The van der Waals surface area contributed by atoms with Crippen molar-refractivity contribution in [2.75, 3.05) is 0 Å². The highest BCUT2D eigenvalue weighted by Gasteiger charge is 2.11. The van der Waals surface area contributed by atoms with Crippen molar-refractivity contribution >= 4 is 46.4 Å². The van der Waals surface area contributed by atoms with Gasteiger partial charge in [-0.05, 0) is 18.2 Å². The van der Waals surface area contributed by atoms with Crippen LogP contribution in [-0.4, -0.2) is 0 Å². The highest BCUT2D eigenvalue weighted by Crippen LogP contribution is 2.34. The number of halogens is 4. The second kappa shape index (κ2) is 6.71. The van der Waals surface area contributed by atoms with Gasteiger partial charge in [0.25, 0.3) is 0 Å². The molecule has 2 aromatic rings. The molecule has 0 radical (unpaired) electrons. The molecule has 0 heterocycles. The minimum absolute atomic E-state index is 0.276. The first-order valence-electron chi connectivity index (χ1n) is 5.52. The van der Waals surface area contributed by atoms with E-state index in [0.29, 0.717) is 27.4 Å². The first-order valence-corrected chi connectivity index (χ1v) is 7.18. The lowest BCUT2D eigenvalue weighted by Gasteiger charge is -2.13. The topological polar surface area (TPSA) is 9.23 Å². The van der Waals surface area contributed by atoms with Crippen LogP contribution < -0.4 is 4.74 Å². The maximum absolute atomic E-state index is 6.12. The molecule has 0 aliphatic heterocycles. The van der Waals surface area contributed by atoms with Crippen LogP contribution in [0.25, 0.3) is 0 Å². The summed E-state index contributed by atoms with van der Waals surface area (Å²) >= 11 is 24.0. The molecule has 2 aromatic carbocycles. The van der Waals surface area contributed by atoms with Crippen LogP contribution in [0.4, 0.5) is 0 Å². The minimum atomic E-state index is 0.276. The third-order valence-electron chi connectivity index (χ3n) is 2.56. The third kappa shape index (κ3) is 3.70. The molecule has 0 spiro atoms. The van der Waals surface area contributed by atoms with Crippen LogP contribution in [0.1, 0.15) is 11.1 Å². The SMILES string of the molecule is ClCc1cc(Cl)cc(Cl)c1OCc1ccccc1Cl. The van der Waals surface area contributed by atoms with E-state index in [4.69, 9.17) is 51.1 Å². The number of ether oxygens (including phenoxy) is 1. The van der Waals surface area contributed by atoms with Gasteiger partial charge in [-0.2, -0.15) is 0 Å². The van der Waals surface area contributed by atoms with Crippen LogP contribution >= 0.6 is 46.4 Å². The van der Waals surface area contributed by atoms with Crippen LogP contribution in [-0.2, 0) is 12.5 Å². The van der Waals surface area contributed by atoms with E-state index >= 15 is 0 Å². The molecule has 2 rings (SSSR count). The summed E-state index contributed by atoms with van der Waals surface area (Å²) < 4.78 is 5.72. The number of rotatable bonds is 4. The molecule has 0 amide bonds. The van der Waals surface area contributed by atoms with Crippen LogP contribution in [0.5, 0.6) is 5.75 Å². The summed E-state index contributed by atoms with van der Waals surface area (Å²) in [6.45, 7) is 0.324. The number of benzene rings is 2. The summed E-state index contributed by atoms with van der Waals surface area (Å²) in [7, 11) is 0. The minimum Gasteiger partial charge on any atom is -0.487 e. The Labute approximate surface area is 132 Å². The molecule has 0 atom stereocenters. The molecule has 0 N–H and O–H groups in total. The van der Waals surface area contributed by atoms with Crippen LogP contribution in [0.3, 0.4) is 0 Å². The molecule has 0 aromatic heterocycles. The van der Waals surface area contributed by atoms with Gasteiger partial charge in [0.05, 0.1) is 10.9 Å².